The van der Waals surface area contributed by atoms with Crippen LogP contribution >= 0.6 is 0 Å². The van der Waals surface area contributed by atoms with Crippen LogP contribution in [0.1, 0.15) is 52.7 Å². The summed E-state index contributed by atoms with van der Waals surface area (Å²) in [7, 11) is 0. The van der Waals surface area contributed by atoms with E-state index in [4.69, 9.17) is 14.4 Å². The summed E-state index contributed by atoms with van der Waals surface area (Å²) in [5, 5.41) is 24.0. The maximum absolute atomic E-state index is 11.4. The van der Waals surface area contributed by atoms with Gasteiger partial charge >= 0.3 is 0 Å². The molecule has 5 heteroatoms. The molecule has 0 radical (unpaired) electrons. The topological polar surface area (TPSA) is 79.4 Å². The molecule has 0 aliphatic rings. The van der Waals surface area contributed by atoms with Gasteiger partial charge in [-0.1, -0.05) is 90.1 Å². The quantitative estimate of drug-likeness (QED) is 0.205. The molecule has 0 saturated heterocycles. The van der Waals surface area contributed by atoms with Crippen molar-refractivity contribution >= 4 is 21.9 Å². The number of furan rings is 1. The highest BCUT2D eigenvalue weighted by molar-refractivity contribution is 6.11. The van der Waals surface area contributed by atoms with Crippen molar-refractivity contribution in [1.82, 2.24) is 9.97 Å². The lowest BCUT2D eigenvalue weighted by Gasteiger charge is -2.23. The number of aromatic nitrogens is 2. The molecule has 0 aliphatic carbocycles. The van der Waals surface area contributed by atoms with E-state index < -0.39 is 0 Å². The van der Waals surface area contributed by atoms with Gasteiger partial charge in [0.25, 0.3) is 0 Å². The number of pyridine rings is 2. The molecule has 47 heavy (non-hydrogen) atoms. The van der Waals surface area contributed by atoms with Gasteiger partial charge in [0, 0.05) is 16.3 Å². The van der Waals surface area contributed by atoms with Gasteiger partial charge in [-0.2, -0.15) is 0 Å². The Labute approximate surface area is 275 Å². The van der Waals surface area contributed by atoms with Crippen molar-refractivity contribution in [2.45, 2.75) is 52.4 Å². The molecule has 7 rings (SSSR count). The fraction of sp³-hybridized carbons (Fsp3) is 0.190. The number of para-hydroxylation sites is 1. The maximum Gasteiger partial charge on any atom is 0.148 e. The number of hydrogen-bond acceptors (Lipinski definition) is 5. The summed E-state index contributed by atoms with van der Waals surface area (Å²) in [6.07, 6.45) is 0. The van der Waals surface area contributed by atoms with Gasteiger partial charge in [0.15, 0.2) is 0 Å². The molecule has 0 bridgehead atoms. The lowest BCUT2D eigenvalue weighted by atomic mass is 9.84. The second-order valence-electron chi connectivity index (χ2n) is 14.3. The van der Waals surface area contributed by atoms with E-state index >= 15 is 0 Å². The third-order valence-electron chi connectivity index (χ3n) is 8.81. The van der Waals surface area contributed by atoms with E-state index in [-0.39, 0.29) is 22.3 Å². The van der Waals surface area contributed by atoms with Gasteiger partial charge in [-0.25, -0.2) is 9.97 Å². The standard InChI is InChI=1S/C42H38N2O3/c1-41(2,3)27-21-32(31-14-10-11-15-36(31)45)43-33(22-27)34-23-28(42(4,5)6)24-35(44-34)39-37(46)19-18-30-29-17-16-26(20-38(29)47-40(30)39)25-12-8-7-9-13-25/h7-24,45-46H,1-6H3. The van der Waals surface area contributed by atoms with Crippen LogP contribution in [0.15, 0.2) is 114 Å². The number of hydrogen-bond donors (Lipinski definition) is 2. The number of aromatic hydroxyl groups is 2. The highest BCUT2D eigenvalue weighted by Gasteiger charge is 2.24. The summed E-state index contributed by atoms with van der Waals surface area (Å²) >= 11 is 0. The number of nitrogens with zero attached hydrogens (tertiary/aromatic N) is 2. The molecule has 4 aromatic carbocycles. The van der Waals surface area contributed by atoms with Gasteiger partial charge in [-0.15, -0.1) is 0 Å². The number of phenols is 2. The Morgan fingerprint density at radius 1 is 0.511 bits per heavy atom. The van der Waals surface area contributed by atoms with Crippen LogP contribution in [0.2, 0.25) is 0 Å². The number of benzene rings is 4. The zero-order chi connectivity index (χ0) is 33.1. The molecular formula is C42H38N2O3. The van der Waals surface area contributed by atoms with Gasteiger partial charge in [0.1, 0.15) is 22.7 Å². The average molecular weight is 619 g/mol. The molecular weight excluding hydrogens is 580 g/mol. The highest BCUT2D eigenvalue weighted by Crippen LogP contribution is 2.43. The molecule has 0 amide bonds. The number of phenolic OH excluding ortho intramolecular Hbond substituents is 2. The fourth-order valence-corrected chi connectivity index (χ4v) is 6.03. The van der Waals surface area contributed by atoms with Crippen LogP contribution in [0.4, 0.5) is 0 Å². The summed E-state index contributed by atoms with van der Waals surface area (Å²) in [6.45, 7) is 13.0. The van der Waals surface area contributed by atoms with Crippen molar-refractivity contribution < 1.29 is 14.6 Å². The Kier molecular flexibility index (Phi) is 7.16. The Morgan fingerprint density at radius 3 is 1.74 bits per heavy atom. The van der Waals surface area contributed by atoms with Crippen LogP contribution in [0.25, 0.3) is 67.0 Å². The van der Waals surface area contributed by atoms with Gasteiger partial charge in [-0.3, -0.25) is 0 Å². The third-order valence-corrected chi connectivity index (χ3v) is 8.81. The lowest BCUT2D eigenvalue weighted by Crippen LogP contribution is -2.13. The first-order valence-electron chi connectivity index (χ1n) is 15.9. The monoisotopic (exact) mass is 618 g/mol. The normalized spacial score (nSPS) is 12.2. The minimum Gasteiger partial charge on any atom is -0.507 e. The molecule has 0 fully saturated rings. The van der Waals surface area contributed by atoms with Crippen molar-refractivity contribution in [3.8, 4) is 56.5 Å². The van der Waals surface area contributed by atoms with Crippen molar-refractivity contribution in [3.05, 3.63) is 120 Å². The zero-order valence-electron chi connectivity index (χ0n) is 27.6. The van der Waals surface area contributed by atoms with E-state index in [9.17, 15) is 10.2 Å². The highest BCUT2D eigenvalue weighted by atomic mass is 16.3. The predicted molar refractivity (Wildman–Crippen MR) is 192 cm³/mol. The molecule has 0 aliphatic heterocycles. The molecule has 3 aromatic heterocycles. The van der Waals surface area contributed by atoms with Crippen molar-refractivity contribution in [2.24, 2.45) is 0 Å². The molecule has 0 atom stereocenters. The zero-order valence-corrected chi connectivity index (χ0v) is 27.6. The van der Waals surface area contributed by atoms with Crippen LogP contribution in [0.5, 0.6) is 11.5 Å². The van der Waals surface area contributed by atoms with Crippen molar-refractivity contribution in [3.63, 3.8) is 0 Å². The van der Waals surface area contributed by atoms with E-state index in [1.807, 2.05) is 54.6 Å². The Bertz CT molecular complexity index is 2290. The first-order chi connectivity index (χ1) is 22.4. The molecule has 0 unspecified atom stereocenters. The van der Waals surface area contributed by atoms with Crippen LogP contribution in [-0.4, -0.2) is 20.2 Å². The van der Waals surface area contributed by atoms with Gasteiger partial charge in [0.2, 0.25) is 0 Å². The second kappa shape index (κ2) is 11.1. The molecule has 3 heterocycles. The van der Waals surface area contributed by atoms with E-state index in [0.29, 0.717) is 39.5 Å². The summed E-state index contributed by atoms with van der Waals surface area (Å²) < 4.78 is 6.56. The minimum atomic E-state index is -0.226. The Morgan fingerprint density at radius 2 is 1.09 bits per heavy atom. The largest absolute Gasteiger partial charge is 0.507 e. The van der Waals surface area contributed by atoms with Gasteiger partial charge in [0.05, 0.1) is 28.3 Å². The molecule has 5 nitrogen and oxygen atoms in total. The van der Waals surface area contributed by atoms with E-state index in [2.05, 4.69) is 84.0 Å². The number of fused-ring (bicyclic) bond motifs is 3. The first kappa shape index (κ1) is 30.2. The van der Waals surface area contributed by atoms with Gasteiger partial charge in [-0.05, 0) is 93.7 Å². The van der Waals surface area contributed by atoms with Crippen molar-refractivity contribution in [1.29, 1.82) is 0 Å². The SMILES string of the molecule is CC(C)(C)c1cc(-c2cc(C(C)(C)C)cc(-c3c(O)ccc4c3oc3cc(-c5ccccc5)ccc34)n2)nc(-c2ccccc2O)c1. The maximum atomic E-state index is 11.4. The third kappa shape index (κ3) is 5.63. The predicted octanol–water partition coefficient (Wildman–Crippen LogP) is 11.1. The van der Waals surface area contributed by atoms with E-state index in [1.165, 1.54) is 0 Å². The Balaban J connectivity index is 1.46. The van der Waals surface area contributed by atoms with Crippen molar-refractivity contribution in [2.75, 3.05) is 0 Å². The minimum absolute atomic E-state index is 0.0932. The van der Waals surface area contributed by atoms with Crippen LogP contribution in [-0.2, 0) is 10.8 Å². The summed E-state index contributed by atoms with van der Waals surface area (Å²) in [5.74, 6) is 0.265. The van der Waals surface area contributed by atoms with Crippen LogP contribution in [0, 0.1) is 0 Å². The summed E-state index contributed by atoms with van der Waals surface area (Å²) in [4.78, 5) is 10.2. The number of rotatable bonds is 4. The molecule has 2 N–H and O–H groups in total. The van der Waals surface area contributed by atoms with E-state index in [1.54, 1.807) is 12.1 Å². The second-order valence-corrected chi connectivity index (χ2v) is 14.3. The molecule has 7 aromatic rings. The molecule has 0 spiro atoms. The molecule has 234 valence electrons. The van der Waals surface area contributed by atoms with Crippen LogP contribution < -0.4 is 0 Å². The van der Waals surface area contributed by atoms with E-state index in [0.717, 1.165) is 38.6 Å². The van der Waals surface area contributed by atoms with Crippen LogP contribution in [0.3, 0.4) is 0 Å². The Hall–Kier alpha value is -5.42. The fourth-order valence-electron chi connectivity index (χ4n) is 6.03. The summed E-state index contributed by atoms with van der Waals surface area (Å²) in [5.41, 5.74) is 9.04. The summed E-state index contributed by atoms with van der Waals surface area (Å²) in [6, 6.07) is 35.6. The van der Waals surface area contributed by atoms with Gasteiger partial charge < -0.3 is 14.6 Å². The smallest absolute Gasteiger partial charge is 0.148 e. The average Bonchev–Trinajstić information content (AvgIpc) is 3.41. The first-order valence-corrected chi connectivity index (χ1v) is 15.9. The molecule has 0 saturated carbocycles. The lowest BCUT2D eigenvalue weighted by molar-refractivity contribution is 0.476.